The van der Waals surface area contributed by atoms with Gasteiger partial charge in [0.05, 0.1) is 17.1 Å². The van der Waals surface area contributed by atoms with Crippen molar-refractivity contribution in [3.8, 4) is 0 Å². The molecule has 3 nitrogen and oxygen atoms in total. The van der Waals surface area contributed by atoms with E-state index in [-0.39, 0.29) is 11.3 Å². The zero-order valence-corrected chi connectivity index (χ0v) is 12.4. The third-order valence-corrected chi connectivity index (χ3v) is 4.48. The summed E-state index contributed by atoms with van der Waals surface area (Å²) in [6.07, 6.45) is 1.64. The Hall–Kier alpha value is -1.74. The van der Waals surface area contributed by atoms with Crippen molar-refractivity contribution in [3.63, 3.8) is 0 Å². The maximum atomic E-state index is 12.0. The highest BCUT2D eigenvalue weighted by atomic mass is 35.5. The van der Waals surface area contributed by atoms with Crippen LogP contribution < -0.4 is 5.32 Å². The number of alkyl halides is 1. The molecule has 2 aromatic rings. The number of furan rings is 1. The smallest absolute Gasteiger partial charge is 0.234 e. The van der Waals surface area contributed by atoms with Crippen LogP contribution >= 0.6 is 11.6 Å². The van der Waals surface area contributed by atoms with E-state index in [4.69, 9.17) is 16.0 Å². The first-order chi connectivity index (χ1) is 9.41. The maximum absolute atomic E-state index is 12.0. The van der Waals surface area contributed by atoms with Crippen molar-refractivity contribution in [2.75, 3.05) is 5.32 Å². The Morgan fingerprint density at radius 3 is 2.70 bits per heavy atom. The van der Waals surface area contributed by atoms with Crippen LogP contribution in [0.4, 0.5) is 5.69 Å². The van der Waals surface area contributed by atoms with Crippen molar-refractivity contribution in [3.05, 3.63) is 53.0 Å². The molecule has 20 heavy (non-hydrogen) atoms. The van der Waals surface area contributed by atoms with E-state index in [1.54, 1.807) is 6.26 Å². The molecule has 0 fully saturated rings. The van der Waals surface area contributed by atoms with Gasteiger partial charge in [-0.2, -0.15) is 0 Å². The van der Waals surface area contributed by atoms with Gasteiger partial charge in [-0.1, -0.05) is 12.1 Å². The largest absolute Gasteiger partial charge is 0.469 e. The lowest BCUT2D eigenvalue weighted by Crippen LogP contribution is -2.26. The molecule has 1 aliphatic rings. The monoisotopic (exact) mass is 289 g/mol. The molecule has 1 aromatic heterocycles. The van der Waals surface area contributed by atoms with Gasteiger partial charge in [0.2, 0.25) is 5.91 Å². The number of amides is 1. The molecule has 1 unspecified atom stereocenters. The van der Waals surface area contributed by atoms with Gasteiger partial charge >= 0.3 is 0 Å². The maximum Gasteiger partial charge on any atom is 0.234 e. The summed E-state index contributed by atoms with van der Waals surface area (Å²) in [5, 5.41) is 2.63. The molecule has 4 heteroatoms. The average Bonchev–Trinajstić information content (AvgIpc) is 2.92. The SMILES string of the molecule is Cc1occc1C(Cl)c1ccc2c(c1)C(C)(C)C(=O)N2. The van der Waals surface area contributed by atoms with Crippen molar-refractivity contribution in [1.29, 1.82) is 0 Å². The topological polar surface area (TPSA) is 42.2 Å². The number of hydrogen-bond acceptors (Lipinski definition) is 2. The lowest BCUT2D eigenvalue weighted by atomic mass is 9.85. The van der Waals surface area contributed by atoms with Crippen LogP contribution in [0, 0.1) is 6.92 Å². The van der Waals surface area contributed by atoms with Gasteiger partial charge in [0.1, 0.15) is 5.76 Å². The molecular weight excluding hydrogens is 274 g/mol. The molecule has 1 amide bonds. The van der Waals surface area contributed by atoms with Crippen molar-refractivity contribution in [1.82, 2.24) is 0 Å². The van der Waals surface area contributed by atoms with Crippen LogP contribution in [0.25, 0.3) is 0 Å². The molecule has 0 bridgehead atoms. The van der Waals surface area contributed by atoms with Crippen LogP contribution in [-0.4, -0.2) is 5.91 Å². The van der Waals surface area contributed by atoms with Crippen LogP contribution in [0.1, 0.15) is 41.7 Å². The number of halogens is 1. The lowest BCUT2D eigenvalue weighted by Gasteiger charge is -2.17. The van der Waals surface area contributed by atoms with Gasteiger partial charge in [-0.25, -0.2) is 0 Å². The minimum absolute atomic E-state index is 0.0234. The zero-order chi connectivity index (χ0) is 14.5. The van der Waals surface area contributed by atoms with Crippen LogP contribution in [0.2, 0.25) is 0 Å². The molecule has 1 atom stereocenters. The summed E-state index contributed by atoms with van der Waals surface area (Å²) in [5.41, 5.74) is 3.28. The summed E-state index contributed by atoms with van der Waals surface area (Å²) >= 11 is 6.54. The van der Waals surface area contributed by atoms with E-state index in [2.05, 4.69) is 5.32 Å². The molecule has 0 spiro atoms. The van der Waals surface area contributed by atoms with Crippen LogP contribution in [0.15, 0.2) is 34.9 Å². The molecule has 104 valence electrons. The number of fused-ring (bicyclic) bond motifs is 1. The van der Waals surface area contributed by atoms with Gasteiger partial charge in [-0.05, 0) is 44.0 Å². The highest BCUT2D eigenvalue weighted by Gasteiger charge is 2.38. The molecule has 2 heterocycles. The molecule has 1 aromatic carbocycles. The van der Waals surface area contributed by atoms with E-state index in [0.717, 1.165) is 28.1 Å². The van der Waals surface area contributed by atoms with Crippen LogP contribution in [0.3, 0.4) is 0 Å². The predicted molar refractivity (Wildman–Crippen MR) is 79.2 cm³/mol. The highest BCUT2D eigenvalue weighted by molar-refractivity contribution is 6.22. The van der Waals surface area contributed by atoms with E-state index in [9.17, 15) is 4.79 Å². The lowest BCUT2D eigenvalue weighted by molar-refractivity contribution is -0.119. The summed E-state index contributed by atoms with van der Waals surface area (Å²) < 4.78 is 5.31. The number of anilines is 1. The summed E-state index contributed by atoms with van der Waals surface area (Å²) in [7, 11) is 0. The molecule has 0 radical (unpaired) electrons. The van der Waals surface area contributed by atoms with Gasteiger partial charge in [0.15, 0.2) is 0 Å². The van der Waals surface area contributed by atoms with Crippen molar-refractivity contribution < 1.29 is 9.21 Å². The number of carbonyl (C=O) groups is 1. The van der Waals surface area contributed by atoms with E-state index in [1.807, 2.05) is 45.0 Å². The Labute approximate surface area is 122 Å². The fraction of sp³-hybridized carbons (Fsp3) is 0.312. The molecule has 1 aliphatic heterocycles. The van der Waals surface area contributed by atoms with Gasteiger partial charge in [0, 0.05) is 11.3 Å². The Balaban J connectivity index is 2.04. The zero-order valence-electron chi connectivity index (χ0n) is 11.7. The minimum Gasteiger partial charge on any atom is -0.469 e. The number of aryl methyl sites for hydroxylation is 1. The van der Waals surface area contributed by atoms with Gasteiger partial charge < -0.3 is 9.73 Å². The molecule has 0 aliphatic carbocycles. The second-order valence-electron chi connectivity index (χ2n) is 5.68. The molecule has 0 saturated carbocycles. The summed E-state index contributed by atoms with van der Waals surface area (Å²) in [5.74, 6) is 0.842. The number of hydrogen-bond donors (Lipinski definition) is 1. The van der Waals surface area contributed by atoms with Gasteiger partial charge in [0.25, 0.3) is 0 Å². The van der Waals surface area contributed by atoms with Gasteiger partial charge in [-0.15, -0.1) is 11.6 Å². The number of rotatable bonds is 2. The highest BCUT2D eigenvalue weighted by Crippen LogP contribution is 2.41. The Morgan fingerprint density at radius 1 is 1.30 bits per heavy atom. The van der Waals surface area contributed by atoms with Crippen molar-refractivity contribution in [2.24, 2.45) is 0 Å². The van der Waals surface area contributed by atoms with Crippen molar-refractivity contribution in [2.45, 2.75) is 31.6 Å². The van der Waals surface area contributed by atoms with Crippen LogP contribution in [0.5, 0.6) is 0 Å². The van der Waals surface area contributed by atoms with E-state index >= 15 is 0 Å². The predicted octanol–water partition coefficient (Wildman–Crippen LogP) is 4.15. The summed E-state index contributed by atoms with van der Waals surface area (Å²) in [6.45, 7) is 5.74. The number of carbonyl (C=O) groups excluding carboxylic acids is 1. The number of nitrogens with one attached hydrogen (secondary N) is 1. The normalized spacial score (nSPS) is 17.7. The fourth-order valence-electron chi connectivity index (χ4n) is 2.58. The molecule has 1 N–H and O–H groups in total. The summed E-state index contributed by atoms with van der Waals surface area (Å²) in [6, 6.07) is 7.76. The number of benzene rings is 1. The first-order valence-corrected chi connectivity index (χ1v) is 6.99. The average molecular weight is 290 g/mol. The quantitative estimate of drug-likeness (QED) is 0.844. The third kappa shape index (κ3) is 1.85. The summed E-state index contributed by atoms with van der Waals surface area (Å²) in [4.78, 5) is 12.0. The Morgan fingerprint density at radius 2 is 2.05 bits per heavy atom. The Kier molecular flexibility index (Phi) is 2.91. The molecule has 0 saturated heterocycles. The second-order valence-corrected chi connectivity index (χ2v) is 6.12. The minimum atomic E-state index is -0.520. The van der Waals surface area contributed by atoms with Gasteiger partial charge in [-0.3, -0.25) is 4.79 Å². The van der Waals surface area contributed by atoms with Crippen molar-refractivity contribution >= 4 is 23.2 Å². The Bertz CT molecular complexity index is 688. The first-order valence-electron chi connectivity index (χ1n) is 6.55. The van der Waals surface area contributed by atoms with Crippen LogP contribution in [-0.2, 0) is 10.2 Å². The third-order valence-electron chi connectivity index (χ3n) is 4.00. The molecule has 3 rings (SSSR count). The van der Waals surface area contributed by atoms with E-state index in [0.29, 0.717) is 0 Å². The second kappa shape index (κ2) is 4.38. The standard InChI is InChI=1S/C16H16ClNO2/c1-9-11(6-7-20-9)14(17)10-4-5-13-12(8-10)16(2,3)15(19)18-13/h4-8,14H,1-3H3,(H,18,19). The molecular formula is C16H16ClNO2. The van der Waals surface area contributed by atoms with E-state index in [1.165, 1.54) is 0 Å². The van der Waals surface area contributed by atoms with E-state index < -0.39 is 5.41 Å². The first kappa shape index (κ1) is 13.3. The fourth-order valence-corrected chi connectivity index (χ4v) is 2.95.